The van der Waals surface area contributed by atoms with Crippen LogP contribution in [0.5, 0.6) is 0 Å². The Morgan fingerprint density at radius 1 is 0.864 bits per heavy atom. The van der Waals surface area contributed by atoms with Crippen LogP contribution in [-0.4, -0.2) is 14.3 Å². The lowest BCUT2D eigenvalue weighted by Crippen LogP contribution is -2.01. The van der Waals surface area contributed by atoms with Gasteiger partial charge in [-0.25, -0.2) is 4.68 Å². The highest BCUT2D eigenvalue weighted by molar-refractivity contribution is 6.30. The minimum Gasteiger partial charge on any atom is -0.341 e. The van der Waals surface area contributed by atoms with Gasteiger partial charge in [-0.05, 0) is 47.9 Å². The van der Waals surface area contributed by atoms with E-state index in [2.05, 4.69) is 46.2 Å². The number of benzene rings is 2. The molecule has 0 atom stereocenters. The molecule has 0 aliphatic rings. The first kappa shape index (κ1) is 13.2. The topological polar surface area (TPSA) is 22.8 Å². The van der Waals surface area contributed by atoms with Crippen molar-refractivity contribution in [2.24, 2.45) is 0 Å². The van der Waals surface area contributed by atoms with Crippen molar-refractivity contribution in [3.63, 3.8) is 0 Å². The largest absolute Gasteiger partial charge is 0.341 e. The number of halogens is 1. The molecule has 0 aliphatic carbocycles. The van der Waals surface area contributed by atoms with E-state index in [0.29, 0.717) is 0 Å². The van der Waals surface area contributed by atoms with Crippen LogP contribution in [0.2, 0.25) is 5.02 Å². The molecule has 2 aromatic heterocycles. The highest BCUT2D eigenvalue weighted by Gasteiger charge is 2.05. The molecule has 0 aliphatic heterocycles. The summed E-state index contributed by atoms with van der Waals surface area (Å²) < 4.78 is 4.08. The third kappa shape index (κ3) is 2.40. The van der Waals surface area contributed by atoms with E-state index in [0.717, 1.165) is 22.9 Å². The molecule has 0 fully saturated rings. The maximum Gasteiger partial charge on any atom is 0.0826 e. The molecule has 2 heterocycles. The Kier molecular flexibility index (Phi) is 3.20. The van der Waals surface area contributed by atoms with E-state index in [9.17, 15) is 0 Å². The number of rotatable bonds is 3. The van der Waals surface area contributed by atoms with E-state index in [1.165, 1.54) is 10.9 Å². The molecule has 0 amide bonds. The van der Waals surface area contributed by atoms with Gasteiger partial charge in [0.25, 0.3) is 0 Å². The molecule has 4 aromatic rings. The van der Waals surface area contributed by atoms with E-state index < -0.39 is 0 Å². The van der Waals surface area contributed by atoms with Gasteiger partial charge in [-0.2, -0.15) is 5.10 Å². The minimum atomic E-state index is 0.731. The number of aromatic nitrogens is 3. The normalized spacial score (nSPS) is 11.1. The van der Waals surface area contributed by atoms with Crippen molar-refractivity contribution in [1.29, 1.82) is 0 Å². The predicted molar refractivity (Wildman–Crippen MR) is 89.6 cm³/mol. The van der Waals surface area contributed by atoms with Crippen molar-refractivity contribution in [3.05, 3.63) is 83.8 Å². The molecular formula is C18H14ClN3. The van der Waals surface area contributed by atoms with Crippen LogP contribution in [0.15, 0.2) is 73.1 Å². The van der Waals surface area contributed by atoms with Crippen LogP contribution in [0.25, 0.3) is 16.6 Å². The summed E-state index contributed by atoms with van der Waals surface area (Å²) in [5.41, 5.74) is 3.26. The molecule has 22 heavy (non-hydrogen) atoms. The summed E-state index contributed by atoms with van der Waals surface area (Å²) in [6, 6.07) is 20.2. The Bertz CT molecular complexity index is 919. The minimum absolute atomic E-state index is 0.731. The summed E-state index contributed by atoms with van der Waals surface area (Å²) in [5, 5.41) is 6.63. The van der Waals surface area contributed by atoms with Gasteiger partial charge in [-0.15, -0.1) is 0 Å². The van der Waals surface area contributed by atoms with Gasteiger partial charge < -0.3 is 4.57 Å². The number of hydrogen-bond acceptors (Lipinski definition) is 1. The van der Waals surface area contributed by atoms with Crippen LogP contribution in [0.3, 0.4) is 0 Å². The summed E-state index contributed by atoms with van der Waals surface area (Å²) in [4.78, 5) is 0. The fourth-order valence-corrected chi connectivity index (χ4v) is 2.76. The Morgan fingerprint density at radius 3 is 2.55 bits per heavy atom. The van der Waals surface area contributed by atoms with E-state index in [1.807, 2.05) is 41.2 Å². The first-order chi connectivity index (χ1) is 10.8. The molecule has 4 rings (SSSR count). The van der Waals surface area contributed by atoms with Gasteiger partial charge in [0.2, 0.25) is 0 Å². The van der Waals surface area contributed by atoms with Crippen LogP contribution in [0.1, 0.15) is 5.69 Å². The van der Waals surface area contributed by atoms with Gasteiger partial charge >= 0.3 is 0 Å². The van der Waals surface area contributed by atoms with Crippen LogP contribution in [-0.2, 0) is 6.54 Å². The van der Waals surface area contributed by atoms with Crippen LogP contribution in [0.4, 0.5) is 0 Å². The van der Waals surface area contributed by atoms with E-state index in [-0.39, 0.29) is 0 Å². The maximum atomic E-state index is 5.92. The van der Waals surface area contributed by atoms with Gasteiger partial charge in [0.05, 0.1) is 17.9 Å². The van der Waals surface area contributed by atoms with Crippen LogP contribution >= 0.6 is 11.6 Å². The quantitative estimate of drug-likeness (QED) is 0.545. The highest BCUT2D eigenvalue weighted by Crippen LogP contribution is 2.17. The van der Waals surface area contributed by atoms with E-state index in [4.69, 9.17) is 11.6 Å². The summed E-state index contributed by atoms with van der Waals surface area (Å²) in [5.74, 6) is 0. The van der Waals surface area contributed by atoms with E-state index >= 15 is 0 Å². The molecule has 0 saturated heterocycles. The summed E-state index contributed by atoms with van der Waals surface area (Å²) in [7, 11) is 0. The van der Waals surface area contributed by atoms with E-state index in [1.54, 1.807) is 0 Å². The standard InChI is InChI=1S/C18H14ClN3/c19-15-5-7-17(8-6-15)22-12-10-16(20-22)13-21-11-9-14-3-1-2-4-18(14)21/h1-12H,13H2. The van der Waals surface area contributed by atoms with Crippen molar-refractivity contribution >= 4 is 22.5 Å². The van der Waals surface area contributed by atoms with Gasteiger partial charge in [-0.3, -0.25) is 0 Å². The first-order valence-electron chi connectivity index (χ1n) is 7.14. The third-order valence-electron chi connectivity index (χ3n) is 3.75. The Morgan fingerprint density at radius 2 is 1.68 bits per heavy atom. The molecule has 0 saturated carbocycles. The lowest BCUT2D eigenvalue weighted by Gasteiger charge is -2.03. The second-order valence-electron chi connectivity index (χ2n) is 5.23. The SMILES string of the molecule is Clc1ccc(-n2ccc(Cn3ccc4ccccc43)n2)cc1. The van der Waals surface area contributed by atoms with Gasteiger partial charge in [-0.1, -0.05) is 29.8 Å². The lowest BCUT2D eigenvalue weighted by molar-refractivity contribution is 0.767. The third-order valence-corrected chi connectivity index (χ3v) is 4.00. The Balaban J connectivity index is 1.63. The summed E-state index contributed by atoms with van der Waals surface area (Å²) >= 11 is 5.92. The lowest BCUT2D eigenvalue weighted by atomic mass is 10.2. The molecule has 0 N–H and O–H groups in total. The van der Waals surface area contributed by atoms with Crippen molar-refractivity contribution in [2.45, 2.75) is 6.54 Å². The maximum absolute atomic E-state index is 5.92. The molecule has 2 aromatic carbocycles. The number of fused-ring (bicyclic) bond motifs is 1. The molecule has 0 bridgehead atoms. The molecule has 3 nitrogen and oxygen atoms in total. The average Bonchev–Trinajstić information content (AvgIpc) is 3.16. The first-order valence-corrected chi connectivity index (χ1v) is 7.52. The van der Waals surface area contributed by atoms with Gasteiger partial charge in [0.1, 0.15) is 0 Å². The predicted octanol–water partition coefficient (Wildman–Crippen LogP) is 4.53. The van der Waals surface area contributed by atoms with Gasteiger partial charge in [0.15, 0.2) is 0 Å². The molecular weight excluding hydrogens is 294 g/mol. The number of para-hydroxylation sites is 1. The molecule has 0 spiro atoms. The summed E-state index contributed by atoms with van der Waals surface area (Å²) in [6.07, 6.45) is 4.08. The Hall–Kier alpha value is -2.52. The zero-order chi connectivity index (χ0) is 14.9. The summed E-state index contributed by atoms with van der Waals surface area (Å²) in [6.45, 7) is 0.758. The fourth-order valence-electron chi connectivity index (χ4n) is 2.64. The van der Waals surface area contributed by atoms with Crippen molar-refractivity contribution in [3.8, 4) is 5.69 Å². The zero-order valence-corrected chi connectivity index (χ0v) is 12.6. The smallest absolute Gasteiger partial charge is 0.0826 e. The van der Waals surface area contributed by atoms with Crippen molar-refractivity contribution < 1.29 is 0 Å². The van der Waals surface area contributed by atoms with Crippen LogP contribution < -0.4 is 0 Å². The average molecular weight is 308 g/mol. The van der Waals surface area contributed by atoms with Crippen molar-refractivity contribution in [2.75, 3.05) is 0 Å². The number of nitrogens with zero attached hydrogens (tertiary/aromatic N) is 3. The monoisotopic (exact) mass is 307 g/mol. The highest BCUT2D eigenvalue weighted by atomic mass is 35.5. The second-order valence-corrected chi connectivity index (χ2v) is 5.67. The second kappa shape index (κ2) is 5.35. The van der Waals surface area contributed by atoms with Gasteiger partial charge in [0, 0.05) is 22.9 Å². The molecule has 0 unspecified atom stereocenters. The van der Waals surface area contributed by atoms with Crippen molar-refractivity contribution in [1.82, 2.24) is 14.3 Å². The molecule has 0 radical (unpaired) electrons. The molecule has 108 valence electrons. The Labute approximate surface area is 133 Å². The fraction of sp³-hybridized carbons (Fsp3) is 0.0556. The van der Waals surface area contributed by atoms with Crippen LogP contribution in [0, 0.1) is 0 Å². The number of hydrogen-bond donors (Lipinski definition) is 0. The zero-order valence-electron chi connectivity index (χ0n) is 11.9. The molecule has 4 heteroatoms.